The monoisotopic (exact) mass is 989 g/mol. The lowest BCUT2D eigenvalue weighted by molar-refractivity contribution is -0.384. The minimum atomic E-state index is -4.71. The van der Waals surface area contributed by atoms with E-state index in [1.165, 1.54) is 42.9 Å². The molecule has 17 heteroatoms. The van der Waals surface area contributed by atoms with Crippen molar-refractivity contribution in [3.8, 4) is 23.1 Å². The van der Waals surface area contributed by atoms with E-state index in [9.17, 15) is 28.4 Å². The Morgan fingerprint density at radius 3 is 2.48 bits per heavy atom. The Morgan fingerprint density at radius 2 is 1.75 bits per heavy atom. The van der Waals surface area contributed by atoms with Gasteiger partial charge in [0.15, 0.2) is 17.2 Å². The molecule has 378 valence electrons. The first-order chi connectivity index (χ1) is 33.9. The van der Waals surface area contributed by atoms with Gasteiger partial charge in [0.05, 0.1) is 33.6 Å². The Kier molecular flexibility index (Phi) is 13.2. The number of rotatable bonds is 14. The molecule has 5 aliphatic rings. The molecule has 1 spiro atoms. The van der Waals surface area contributed by atoms with Gasteiger partial charge in [-0.15, -0.1) is 0 Å². The zero-order valence-electron chi connectivity index (χ0n) is 41.4. The molecule has 2 atom stereocenters. The second kappa shape index (κ2) is 19.3. The number of benzene rings is 3. The average molecular weight is 990 g/mol. The summed E-state index contributed by atoms with van der Waals surface area (Å²) >= 11 is 0. The number of ether oxygens (including phenoxy) is 3. The summed E-state index contributed by atoms with van der Waals surface area (Å²) in [5, 5.41) is 27.0. The molecule has 2 saturated heterocycles. The van der Waals surface area contributed by atoms with E-state index in [1.54, 1.807) is 24.4 Å². The maximum atomic E-state index is 14.4. The second-order valence-electron chi connectivity index (χ2n) is 21.8. The lowest BCUT2D eigenvalue weighted by atomic mass is 9.59. The van der Waals surface area contributed by atoms with Gasteiger partial charge < -0.3 is 34.5 Å². The van der Waals surface area contributed by atoms with Crippen LogP contribution in [-0.2, 0) is 10.0 Å². The first kappa shape index (κ1) is 48.7. The molecule has 5 aromatic rings. The van der Waals surface area contributed by atoms with E-state index in [0.29, 0.717) is 55.9 Å². The molecule has 5 heterocycles. The SMILES string of the molecule is CC(C)COc1nc2[nH]ccc2cc1Oc1cc(N2CCC3(CC2)CC(N2CCC[C@H]2c2ccccc2C(C)C)C3)ccc1C(=O)NS(=O)(=O)c1cc2c(c([N+](=O)[O-])c1)N[C@@H]([C@H]1CC[C@](C)(O)CC1)CO2. The van der Waals surface area contributed by atoms with Crippen LogP contribution in [0.3, 0.4) is 0 Å². The van der Waals surface area contributed by atoms with E-state index in [0.717, 1.165) is 49.6 Å². The van der Waals surface area contributed by atoms with Crippen LogP contribution in [0.5, 0.6) is 23.1 Å². The van der Waals surface area contributed by atoms with Crippen LogP contribution in [0.4, 0.5) is 17.1 Å². The number of amides is 1. The highest BCUT2D eigenvalue weighted by atomic mass is 32.2. The number of H-pyrrole nitrogens is 1. The van der Waals surface area contributed by atoms with Crippen LogP contribution in [0.25, 0.3) is 11.0 Å². The molecule has 1 amide bonds. The smallest absolute Gasteiger partial charge is 0.297 e. The Morgan fingerprint density at radius 1 is 0.986 bits per heavy atom. The van der Waals surface area contributed by atoms with E-state index in [1.807, 2.05) is 32.9 Å². The van der Waals surface area contributed by atoms with Crippen LogP contribution >= 0.6 is 0 Å². The number of hydrogen-bond donors (Lipinski definition) is 4. The molecule has 2 saturated carbocycles. The maximum Gasteiger partial charge on any atom is 0.297 e. The number of aliphatic hydroxyl groups is 1. The molecule has 4 fully saturated rings. The summed E-state index contributed by atoms with van der Waals surface area (Å²) in [6.07, 6.45) is 11.2. The van der Waals surface area contributed by atoms with Gasteiger partial charge >= 0.3 is 0 Å². The summed E-state index contributed by atoms with van der Waals surface area (Å²) in [7, 11) is -4.71. The third-order valence-corrected chi connectivity index (χ3v) is 17.2. The number of nitrogens with zero attached hydrogens (tertiary/aromatic N) is 4. The number of nitrogens with one attached hydrogen (secondary N) is 3. The molecule has 3 aromatic carbocycles. The number of aromatic amines is 1. The third-order valence-electron chi connectivity index (χ3n) is 15.9. The van der Waals surface area contributed by atoms with Crippen molar-refractivity contribution in [2.24, 2.45) is 17.3 Å². The number of fused-ring (bicyclic) bond motifs is 2. The Bertz CT molecular complexity index is 2910. The van der Waals surface area contributed by atoms with E-state index in [2.05, 4.69) is 67.9 Å². The fraction of sp³-hybridized carbons (Fsp3) is 0.519. The summed E-state index contributed by atoms with van der Waals surface area (Å²) in [5.41, 5.74) is 3.38. The van der Waals surface area contributed by atoms with E-state index < -0.39 is 37.0 Å². The summed E-state index contributed by atoms with van der Waals surface area (Å²) in [6, 6.07) is 20.6. The van der Waals surface area contributed by atoms with Gasteiger partial charge in [0, 0.05) is 60.6 Å². The van der Waals surface area contributed by atoms with E-state index in [-0.39, 0.29) is 64.3 Å². The lowest BCUT2D eigenvalue weighted by Crippen LogP contribution is -2.54. The van der Waals surface area contributed by atoms with Gasteiger partial charge in [-0.2, -0.15) is 4.98 Å². The van der Waals surface area contributed by atoms with Gasteiger partial charge in [-0.25, -0.2) is 13.1 Å². The fourth-order valence-electron chi connectivity index (χ4n) is 11.9. The second-order valence-corrected chi connectivity index (χ2v) is 23.5. The van der Waals surface area contributed by atoms with Crippen LogP contribution in [0.15, 0.2) is 77.8 Å². The van der Waals surface area contributed by atoms with Crippen molar-refractivity contribution >= 4 is 44.0 Å². The Hall–Kier alpha value is -5.91. The number of piperidine rings is 1. The van der Waals surface area contributed by atoms with Crippen LogP contribution in [-0.4, -0.2) is 89.8 Å². The van der Waals surface area contributed by atoms with E-state index in [4.69, 9.17) is 14.2 Å². The predicted octanol–water partition coefficient (Wildman–Crippen LogP) is 10.2. The van der Waals surface area contributed by atoms with Gasteiger partial charge in [-0.05, 0) is 136 Å². The number of sulfonamides is 1. The highest BCUT2D eigenvalue weighted by Gasteiger charge is 2.50. The van der Waals surface area contributed by atoms with Gasteiger partial charge in [0.1, 0.15) is 18.0 Å². The van der Waals surface area contributed by atoms with Gasteiger partial charge in [-0.3, -0.25) is 19.8 Å². The number of carbonyl (C=O) groups excluding carboxylic acids is 1. The first-order valence-corrected chi connectivity index (χ1v) is 27.0. The highest BCUT2D eigenvalue weighted by molar-refractivity contribution is 7.90. The molecular formula is C54H67N7O9S. The summed E-state index contributed by atoms with van der Waals surface area (Å²) in [5.74, 6) is 0.291. The molecule has 0 bridgehead atoms. The minimum absolute atomic E-state index is 0.00517. The van der Waals surface area contributed by atoms with Gasteiger partial charge in [0.25, 0.3) is 27.5 Å². The summed E-state index contributed by atoms with van der Waals surface area (Å²) in [6.45, 7) is 13.7. The molecule has 10 rings (SSSR count). The number of anilines is 2. The van der Waals surface area contributed by atoms with Crippen LogP contribution in [0.1, 0.15) is 132 Å². The molecule has 0 radical (unpaired) electrons. The molecule has 71 heavy (non-hydrogen) atoms. The zero-order valence-corrected chi connectivity index (χ0v) is 42.2. The Labute approximate surface area is 416 Å². The number of hydrogen-bond acceptors (Lipinski definition) is 13. The third kappa shape index (κ3) is 10.0. The summed E-state index contributed by atoms with van der Waals surface area (Å²) < 4.78 is 49.2. The maximum absolute atomic E-state index is 14.4. The van der Waals surface area contributed by atoms with Crippen molar-refractivity contribution < 1.29 is 37.5 Å². The number of carbonyl (C=O) groups is 1. The van der Waals surface area contributed by atoms with Crippen molar-refractivity contribution in [1.82, 2.24) is 19.6 Å². The molecule has 2 aromatic heterocycles. The number of pyridine rings is 1. The largest absolute Gasteiger partial charge is 0.489 e. The molecule has 3 aliphatic heterocycles. The number of aromatic nitrogens is 2. The molecule has 4 N–H and O–H groups in total. The lowest BCUT2D eigenvalue weighted by Gasteiger charge is -2.56. The van der Waals surface area contributed by atoms with Crippen molar-refractivity contribution in [3.05, 3.63) is 99.7 Å². The van der Waals surface area contributed by atoms with Gasteiger partial charge in [0.2, 0.25) is 0 Å². The molecule has 0 unspecified atom stereocenters. The van der Waals surface area contributed by atoms with Gasteiger partial charge in [-0.1, -0.05) is 52.0 Å². The standard InChI is InChI=1S/C54H67N7O9S/c1-33(2)31-69-52-48(25-36-16-21-55-50(36)57-52)70-46-26-37(59-23-19-54(20-24-59)29-38(30-54)60-22-8-11-44(60)41-10-7-6-9-40(41)34(3)4)12-13-42(46)51(62)58-71(66,67)39-27-45(61(64)65)49-47(28-39)68-32-43(56-49)35-14-17-53(5,63)18-15-35/h6-7,9-10,12-13,16,21,25-28,33-35,38,43-44,56,63H,8,11,14-15,17-20,22-24,29-32H2,1-5H3,(H,55,57)(H,58,62)/t35-,43-,44+,53-/m1/s1. The quantitative estimate of drug-likeness (QED) is 0.0605. The van der Waals surface area contributed by atoms with Crippen LogP contribution in [0.2, 0.25) is 0 Å². The topological polar surface area (TPSA) is 201 Å². The highest BCUT2D eigenvalue weighted by Crippen LogP contribution is 2.54. The fourth-order valence-corrected chi connectivity index (χ4v) is 12.9. The van der Waals surface area contributed by atoms with Crippen molar-refractivity contribution in [1.29, 1.82) is 0 Å². The van der Waals surface area contributed by atoms with Crippen molar-refractivity contribution in [3.63, 3.8) is 0 Å². The predicted molar refractivity (Wildman–Crippen MR) is 272 cm³/mol. The summed E-state index contributed by atoms with van der Waals surface area (Å²) in [4.78, 5) is 38.6. The van der Waals surface area contributed by atoms with Crippen LogP contribution in [0, 0.1) is 27.4 Å². The molecule has 2 aliphatic carbocycles. The first-order valence-electron chi connectivity index (χ1n) is 25.5. The minimum Gasteiger partial charge on any atom is -0.489 e. The molecule has 16 nitrogen and oxygen atoms in total. The van der Waals surface area contributed by atoms with Crippen molar-refractivity contribution in [2.45, 2.75) is 133 Å². The number of likely N-dealkylation sites (tertiary alicyclic amines) is 1. The van der Waals surface area contributed by atoms with E-state index >= 15 is 0 Å². The Balaban J connectivity index is 0.891. The zero-order chi connectivity index (χ0) is 49.8. The van der Waals surface area contributed by atoms with Crippen LogP contribution < -0.4 is 29.1 Å². The number of nitro groups is 1. The van der Waals surface area contributed by atoms with Crippen molar-refractivity contribution in [2.75, 3.05) is 43.1 Å². The molecular weight excluding hydrogens is 923 g/mol. The average Bonchev–Trinajstić information content (AvgIpc) is 4.02. The normalized spacial score (nSPS) is 23.5. The number of nitro benzene ring substituents is 1.